The molecule has 0 spiro atoms. The van der Waals surface area contributed by atoms with E-state index in [-0.39, 0.29) is 121 Å². The van der Waals surface area contributed by atoms with Gasteiger partial charge in [0, 0.05) is 43.1 Å². The Hall–Kier alpha value is -2.10. The fraction of sp³-hybridized carbons (Fsp3) is 0. The zero-order valence-corrected chi connectivity index (χ0v) is 34.6. The Kier molecular flexibility index (Phi) is 10.7. The van der Waals surface area contributed by atoms with Crippen molar-refractivity contribution in [1.82, 2.24) is 4.98 Å². The topological polar surface area (TPSA) is 212 Å². The van der Waals surface area contributed by atoms with Crippen LogP contribution in [-0.2, 0) is 31.2 Å². The number of fused-ring (bicyclic) bond motifs is 7. The Morgan fingerprint density at radius 2 is 0.780 bits per heavy atom. The molecular formula is C31H14NNa3O12S3. The van der Waals surface area contributed by atoms with Crippen LogP contribution in [0.15, 0.2) is 84.9 Å². The first kappa shape index (κ1) is 39.1. The second-order valence-corrected chi connectivity index (χ2v) is 13.5. The first-order valence-corrected chi connectivity index (χ1v) is 17.4. The molecule has 8 rings (SSSR count). The van der Waals surface area contributed by atoms with Crippen molar-refractivity contribution in [2.75, 3.05) is 0 Å². The minimum Gasteiger partial charge on any atom is -0.716 e. The maximum absolute atomic E-state index is 12.0. The molecular weight excluding hydrogens is 744 g/mol. The van der Waals surface area contributed by atoms with Crippen LogP contribution in [0, 0.1) is 0 Å². The van der Waals surface area contributed by atoms with E-state index in [2.05, 4.69) is 0 Å². The van der Waals surface area contributed by atoms with Gasteiger partial charge in [0.05, 0.1) is 16.4 Å². The van der Waals surface area contributed by atoms with Crippen LogP contribution in [0.1, 0.15) is 0 Å². The first-order valence-electron chi connectivity index (χ1n) is 13.4. The smallest absolute Gasteiger partial charge is 0.716 e. The predicted molar refractivity (Wildman–Crippen MR) is 169 cm³/mol. The maximum Gasteiger partial charge on any atom is 1.00 e. The van der Waals surface area contributed by atoms with Crippen LogP contribution in [0.3, 0.4) is 0 Å². The SMILES string of the molecule is O=S(=O)([O-])Oc1c2ccccc2c(OS(=O)(=O)[O-])c2c1ccc1c3ccc4c(OS(=O)(=O)[O-])c5ccccc5c5ccc(nc12)c3c45.[Na+].[Na+].[Na+]. The zero-order valence-electron chi connectivity index (χ0n) is 26.2. The Morgan fingerprint density at radius 1 is 0.400 bits per heavy atom. The van der Waals surface area contributed by atoms with Gasteiger partial charge in [0.2, 0.25) is 0 Å². The van der Waals surface area contributed by atoms with Crippen molar-refractivity contribution < 1.29 is 140 Å². The molecule has 1 aromatic heterocycles. The van der Waals surface area contributed by atoms with E-state index in [1.165, 1.54) is 30.3 Å². The number of hydrogen-bond donors (Lipinski definition) is 0. The van der Waals surface area contributed by atoms with Gasteiger partial charge in [0.25, 0.3) is 31.2 Å². The Morgan fingerprint density at radius 3 is 1.32 bits per heavy atom. The van der Waals surface area contributed by atoms with E-state index >= 15 is 0 Å². The fourth-order valence-corrected chi connectivity index (χ4v) is 7.61. The van der Waals surface area contributed by atoms with E-state index in [1.54, 1.807) is 54.6 Å². The van der Waals surface area contributed by atoms with E-state index in [0.29, 0.717) is 48.6 Å². The number of benzene rings is 7. The molecule has 0 bridgehead atoms. The van der Waals surface area contributed by atoms with E-state index < -0.39 is 42.7 Å². The van der Waals surface area contributed by atoms with Crippen molar-refractivity contribution in [3.8, 4) is 17.2 Å². The third-order valence-electron chi connectivity index (χ3n) is 7.99. The monoisotopic (exact) mass is 757 g/mol. The van der Waals surface area contributed by atoms with Crippen LogP contribution < -0.4 is 101 Å². The average Bonchev–Trinajstić information content (AvgIpc) is 3.00. The molecule has 50 heavy (non-hydrogen) atoms. The van der Waals surface area contributed by atoms with Gasteiger partial charge in [-0.25, -0.2) is 30.2 Å². The summed E-state index contributed by atoms with van der Waals surface area (Å²) in [4.78, 5) is 4.80. The molecule has 0 fully saturated rings. The van der Waals surface area contributed by atoms with Gasteiger partial charge in [0.1, 0.15) is 0 Å². The summed E-state index contributed by atoms with van der Waals surface area (Å²) in [6.07, 6.45) is 0. The van der Waals surface area contributed by atoms with Crippen LogP contribution in [0.25, 0.3) is 75.7 Å². The Bertz CT molecular complexity index is 3030. The van der Waals surface area contributed by atoms with Crippen LogP contribution in [0.5, 0.6) is 17.2 Å². The molecule has 7 aromatic carbocycles. The largest absolute Gasteiger partial charge is 1.00 e. The molecule has 0 radical (unpaired) electrons. The van der Waals surface area contributed by atoms with Gasteiger partial charge in [-0.3, -0.25) is 0 Å². The molecule has 0 aliphatic carbocycles. The molecule has 0 unspecified atom stereocenters. The average molecular weight is 758 g/mol. The predicted octanol–water partition coefficient (Wildman–Crippen LogP) is -3.88. The molecule has 19 heteroatoms. The second-order valence-electron chi connectivity index (χ2n) is 10.6. The summed E-state index contributed by atoms with van der Waals surface area (Å²) >= 11 is 0. The van der Waals surface area contributed by atoms with Crippen molar-refractivity contribution in [3.05, 3.63) is 84.9 Å². The number of nitrogens with zero attached hydrogens (tertiary/aromatic N) is 1. The molecule has 236 valence electrons. The van der Waals surface area contributed by atoms with Gasteiger partial charge < -0.3 is 26.2 Å². The number of aromatic nitrogens is 1. The van der Waals surface area contributed by atoms with Crippen molar-refractivity contribution in [2.24, 2.45) is 0 Å². The van der Waals surface area contributed by atoms with Gasteiger partial charge in [-0.2, -0.15) is 0 Å². The van der Waals surface area contributed by atoms with E-state index in [1.807, 2.05) is 0 Å². The maximum atomic E-state index is 12.0. The van der Waals surface area contributed by atoms with Crippen molar-refractivity contribution >= 4 is 107 Å². The van der Waals surface area contributed by atoms with E-state index in [9.17, 15) is 38.9 Å². The van der Waals surface area contributed by atoms with Gasteiger partial charge in [-0.15, -0.1) is 0 Å². The first-order chi connectivity index (χ1) is 22.2. The van der Waals surface area contributed by atoms with E-state index in [0.717, 1.165) is 0 Å². The van der Waals surface area contributed by atoms with Crippen molar-refractivity contribution in [1.29, 1.82) is 0 Å². The summed E-state index contributed by atoms with van der Waals surface area (Å²) in [6.45, 7) is 0. The molecule has 0 saturated carbocycles. The number of pyridine rings is 1. The number of hydrogen-bond acceptors (Lipinski definition) is 13. The summed E-state index contributed by atoms with van der Waals surface area (Å²) in [6, 6.07) is 22.0. The van der Waals surface area contributed by atoms with Crippen LogP contribution in [-0.4, -0.2) is 43.9 Å². The normalized spacial score (nSPS) is 12.3. The molecule has 0 N–H and O–H groups in total. The quantitative estimate of drug-likeness (QED) is 0.0523. The summed E-state index contributed by atoms with van der Waals surface area (Å²) in [5, 5.41) is 3.64. The molecule has 0 aliphatic heterocycles. The molecule has 0 aliphatic rings. The Labute approximate surface area is 349 Å². The summed E-state index contributed by atoms with van der Waals surface area (Å²) in [5.74, 6) is -1.06. The van der Waals surface area contributed by atoms with Gasteiger partial charge >= 0.3 is 88.7 Å². The molecule has 8 aromatic rings. The van der Waals surface area contributed by atoms with Gasteiger partial charge in [-0.1, -0.05) is 66.7 Å². The van der Waals surface area contributed by atoms with Crippen LogP contribution in [0.4, 0.5) is 0 Å². The Balaban J connectivity index is 0.00000162. The second kappa shape index (κ2) is 13.7. The van der Waals surface area contributed by atoms with E-state index in [4.69, 9.17) is 17.5 Å². The summed E-state index contributed by atoms with van der Waals surface area (Å²) in [5.41, 5.74) is 0.377. The summed E-state index contributed by atoms with van der Waals surface area (Å²) in [7, 11) is -15.9. The zero-order chi connectivity index (χ0) is 33.0. The van der Waals surface area contributed by atoms with Gasteiger partial charge in [-0.05, 0) is 34.4 Å². The van der Waals surface area contributed by atoms with Crippen LogP contribution >= 0.6 is 0 Å². The van der Waals surface area contributed by atoms with Crippen molar-refractivity contribution in [2.45, 2.75) is 0 Å². The summed E-state index contributed by atoms with van der Waals surface area (Å²) < 4.78 is 122. The molecule has 13 nitrogen and oxygen atoms in total. The molecule has 0 amide bonds. The fourth-order valence-electron chi connectivity index (χ4n) is 6.47. The third kappa shape index (κ3) is 6.66. The minimum absolute atomic E-state index is 0. The standard InChI is InChI=1S/C31H17NO12S3.3Na/c33-45(34,35)42-29-19-6-2-1-5-15(19)16-13-14-24-26-17(9-11-22(29)25(16)26)18-10-12-23-27(28(18)32-24)31(44-47(39,40)41)21-8-4-3-7-20(21)30(23)43-46(36,37)38;;;/h1-14H,(H,33,34,35)(H,36,37,38)(H,39,40,41);;;/q;3*+1/p-3. The molecule has 0 saturated heterocycles. The molecule has 0 atom stereocenters. The van der Waals surface area contributed by atoms with Crippen LogP contribution in [0.2, 0.25) is 0 Å². The third-order valence-corrected chi connectivity index (χ3v) is 9.10. The minimum atomic E-state index is -5.40. The van der Waals surface area contributed by atoms with Crippen molar-refractivity contribution in [3.63, 3.8) is 0 Å². The molecule has 1 heterocycles. The number of rotatable bonds is 6. The van der Waals surface area contributed by atoms with Gasteiger partial charge in [0.15, 0.2) is 17.2 Å².